The smallest absolute Gasteiger partial charge is 0.337 e. The lowest BCUT2D eigenvalue weighted by atomic mass is 10.2. The summed E-state index contributed by atoms with van der Waals surface area (Å²) < 4.78 is 4.56. The molecular formula is C13H16N2O5. The minimum absolute atomic E-state index is 0.113. The van der Waals surface area contributed by atoms with Crippen molar-refractivity contribution in [3.05, 3.63) is 29.8 Å². The third-order valence-corrected chi connectivity index (χ3v) is 2.57. The quantitative estimate of drug-likeness (QED) is 0.795. The third-order valence-electron chi connectivity index (χ3n) is 2.57. The Kier molecular flexibility index (Phi) is 5.52. The number of nitrogens with zero attached hydrogens (tertiary/aromatic N) is 1. The van der Waals surface area contributed by atoms with Crippen LogP contribution in [-0.2, 0) is 9.53 Å². The van der Waals surface area contributed by atoms with Crippen molar-refractivity contribution in [3.8, 4) is 0 Å². The highest BCUT2D eigenvalue weighted by Gasteiger charge is 2.11. The number of urea groups is 1. The molecule has 1 aromatic carbocycles. The number of amides is 2. The minimum atomic E-state index is -0.966. The maximum absolute atomic E-state index is 11.7. The molecule has 0 aromatic heterocycles. The van der Waals surface area contributed by atoms with E-state index in [0.717, 1.165) is 0 Å². The van der Waals surface area contributed by atoms with Gasteiger partial charge in [-0.05, 0) is 24.3 Å². The lowest BCUT2D eigenvalue weighted by Crippen LogP contribution is -2.33. The molecule has 2 amide bonds. The summed E-state index contributed by atoms with van der Waals surface area (Å²) in [5, 5.41) is 11.1. The van der Waals surface area contributed by atoms with Gasteiger partial charge in [0.05, 0.1) is 19.1 Å². The lowest BCUT2D eigenvalue weighted by molar-refractivity contribution is -0.137. The first-order valence-corrected chi connectivity index (χ1v) is 5.86. The number of esters is 1. The number of nitrogens with one attached hydrogen (secondary N) is 1. The largest absolute Gasteiger partial charge is 0.481 e. The second kappa shape index (κ2) is 7.13. The van der Waals surface area contributed by atoms with Gasteiger partial charge in [0.1, 0.15) is 0 Å². The maximum Gasteiger partial charge on any atom is 0.337 e. The molecule has 7 nitrogen and oxygen atoms in total. The van der Waals surface area contributed by atoms with E-state index in [1.54, 1.807) is 12.1 Å². The molecule has 108 valence electrons. The predicted octanol–water partition coefficient (Wildman–Crippen LogP) is 1.41. The molecule has 0 spiro atoms. The number of anilines is 1. The molecule has 0 atom stereocenters. The van der Waals surface area contributed by atoms with Gasteiger partial charge in [0.2, 0.25) is 0 Å². The molecule has 0 heterocycles. The van der Waals surface area contributed by atoms with E-state index in [1.807, 2.05) is 0 Å². The van der Waals surface area contributed by atoms with Gasteiger partial charge in [-0.25, -0.2) is 9.59 Å². The second-order valence-electron chi connectivity index (χ2n) is 4.06. The van der Waals surface area contributed by atoms with Crippen LogP contribution in [0.15, 0.2) is 24.3 Å². The van der Waals surface area contributed by atoms with Crippen molar-refractivity contribution in [2.24, 2.45) is 0 Å². The summed E-state index contributed by atoms with van der Waals surface area (Å²) in [6.07, 6.45) is -0.120. The number of methoxy groups -OCH3 is 1. The van der Waals surface area contributed by atoms with E-state index in [4.69, 9.17) is 5.11 Å². The number of ether oxygens (including phenoxy) is 1. The summed E-state index contributed by atoms with van der Waals surface area (Å²) in [5.41, 5.74) is 0.884. The number of hydrogen-bond acceptors (Lipinski definition) is 4. The fourth-order valence-electron chi connectivity index (χ4n) is 1.39. The molecule has 1 rings (SSSR count). The highest BCUT2D eigenvalue weighted by molar-refractivity contribution is 5.92. The molecule has 20 heavy (non-hydrogen) atoms. The van der Waals surface area contributed by atoms with Crippen LogP contribution < -0.4 is 5.32 Å². The number of rotatable bonds is 5. The Bertz CT molecular complexity index is 498. The Morgan fingerprint density at radius 3 is 2.35 bits per heavy atom. The van der Waals surface area contributed by atoms with Crippen molar-refractivity contribution in [2.45, 2.75) is 6.42 Å². The van der Waals surface area contributed by atoms with E-state index in [1.165, 1.54) is 31.2 Å². The van der Waals surface area contributed by atoms with Crippen LogP contribution in [0.2, 0.25) is 0 Å². The Hall–Kier alpha value is -2.57. The average Bonchev–Trinajstić information content (AvgIpc) is 2.44. The zero-order valence-corrected chi connectivity index (χ0v) is 11.3. The van der Waals surface area contributed by atoms with Gasteiger partial charge >= 0.3 is 18.0 Å². The third kappa shape index (κ3) is 4.60. The summed E-state index contributed by atoms with van der Waals surface area (Å²) in [5.74, 6) is -1.42. The van der Waals surface area contributed by atoms with Crippen molar-refractivity contribution in [2.75, 3.05) is 26.0 Å². The second-order valence-corrected chi connectivity index (χ2v) is 4.06. The molecule has 0 aliphatic carbocycles. The van der Waals surface area contributed by atoms with Crippen LogP contribution in [0.25, 0.3) is 0 Å². The maximum atomic E-state index is 11.7. The summed E-state index contributed by atoms with van der Waals surface area (Å²) in [4.78, 5) is 34.6. The lowest BCUT2D eigenvalue weighted by Gasteiger charge is -2.16. The van der Waals surface area contributed by atoms with E-state index in [9.17, 15) is 14.4 Å². The van der Waals surface area contributed by atoms with Gasteiger partial charge in [0.15, 0.2) is 0 Å². The molecule has 0 fully saturated rings. The van der Waals surface area contributed by atoms with Crippen molar-refractivity contribution in [1.82, 2.24) is 4.90 Å². The van der Waals surface area contributed by atoms with Crippen molar-refractivity contribution in [1.29, 1.82) is 0 Å². The van der Waals surface area contributed by atoms with Crippen LogP contribution in [0.5, 0.6) is 0 Å². The SMILES string of the molecule is COC(=O)c1ccc(NC(=O)N(C)CCC(=O)O)cc1. The summed E-state index contributed by atoms with van der Waals surface area (Å²) in [6.45, 7) is 0.113. The highest BCUT2D eigenvalue weighted by Crippen LogP contribution is 2.11. The molecule has 0 saturated carbocycles. The fraction of sp³-hybridized carbons (Fsp3) is 0.308. The Balaban J connectivity index is 2.57. The Morgan fingerprint density at radius 1 is 1.25 bits per heavy atom. The van der Waals surface area contributed by atoms with Crippen molar-refractivity contribution >= 4 is 23.7 Å². The molecule has 0 bridgehead atoms. The molecule has 0 aliphatic heterocycles. The molecule has 0 saturated heterocycles. The zero-order valence-electron chi connectivity index (χ0n) is 11.3. The van der Waals surface area contributed by atoms with Gasteiger partial charge in [0.25, 0.3) is 0 Å². The molecule has 2 N–H and O–H groups in total. The zero-order chi connectivity index (χ0) is 15.1. The minimum Gasteiger partial charge on any atom is -0.481 e. The van der Waals surface area contributed by atoms with Crippen molar-refractivity contribution in [3.63, 3.8) is 0 Å². The van der Waals surface area contributed by atoms with Crippen LogP contribution in [-0.4, -0.2) is 48.7 Å². The first kappa shape index (κ1) is 15.5. The molecule has 7 heteroatoms. The van der Waals surface area contributed by atoms with Gasteiger partial charge in [-0.1, -0.05) is 0 Å². The van der Waals surface area contributed by atoms with Crippen LogP contribution in [0.4, 0.5) is 10.5 Å². The van der Waals surface area contributed by atoms with Gasteiger partial charge in [0, 0.05) is 19.3 Å². The van der Waals surface area contributed by atoms with E-state index >= 15 is 0 Å². The number of carbonyl (C=O) groups is 3. The molecule has 1 aromatic rings. The Labute approximate surface area is 116 Å². The van der Waals surface area contributed by atoms with Gasteiger partial charge in [-0.15, -0.1) is 0 Å². The Morgan fingerprint density at radius 2 is 1.85 bits per heavy atom. The number of hydrogen-bond donors (Lipinski definition) is 2. The topological polar surface area (TPSA) is 95.9 Å². The van der Waals surface area contributed by atoms with E-state index in [0.29, 0.717) is 11.3 Å². The van der Waals surface area contributed by atoms with Crippen LogP contribution in [0.3, 0.4) is 0 Å². The normalized spacial score (nSPS) is 9.70. The van der Waals surface area contributed by atoms with Gasteiger partial charge in [-0.3, -0.25) is 4.79 Å². The monoisotopic (exact) mass is 280 g/mol. The number of carboxylic acid groups (broad SMARTS) is 1. The van der Waals surface area contributed by atoms with E-state index in [2.05, 4.69) is 10.1 Å². The van der Waals surface area contributed by atoms with E-state index in [-0.39, 0.29) is 13.0 Å². The summed E-state index contributed by atoms with van der Waals surface area (Å²) in [7, 11) is 2.79. The van der Waals surface area contributed by atoms with Gasteiger partial charge < -0.3 is 20.1 Å². The number of aliphatic carboxylic acids is 1. The first-order chi connectivity index (χ1) is 9.43. The molecule has 0 aliphatic rings. The van der Waals surface area contributed by atoms with Crippen LogP contribution in [0.1, 0.15) is 16.8 Å². The number of carbonyl (C=O) groups excluding carboxylic acids is 2. The standard InChI is InChI=1S/C13H16N2O5/c1-15(8-7-11(16)17)13(19)14-10-5-3-9(4-6-10)12(18)20-2/h3-6H,7-8H2,1-2H3,(H,14,19)(H,16,17). The first-order valence-electron chi connectivity index (χ1n) is 5.86. The highest BCUT2D eigenvalue weighted by atomic mass is 16.5. The number of carboxylic acids is 1. The van der Waals surface area contributed by atoms with E-state index < -0.39 is 18.0 Å². The number of benzene rings is 1. The molecular weight excluding hydrogens is 264 g/mol. The average molecular weight is 280 g/mol. The summed E-state index contributed by atoms with van der Waals surface area (Å²) in [6, 6.07) is 5.76. The van der Waals surface area contributed by atoms with Crippen molar-refractivity contribution < 1.29 is 24.2 Å². The van der Waals surface area contributed by atoms with Gasteiger partial charge in [-0.2, -0.15) is 0 Å². The van der Waals surface area contributed by atoms with Crippen LogP contribution >= 0.6 is 0 Å². The van der Waals surface area contributed by atoms with Crippen LogP contribution in [0, 0.1) is 0 Å². The molecule has 0 unspecified atom stereocenters. The summed E-state index contributed by atoms with van der Waals surface area (Å²) >= 11 is 0. The predicted molar refractivity (Wildman–Crippen MR) is 71.7 cm³/mol. The fourth-order valence-corrected chi connectivity index (χ4v) is 1.39. The molecule has 0 radical (unpaired) electrons.